The van der Waals surface area contributed by atoms with Crippen LogP contribution in [-0.2, 0) is 16.1 Å². The zero-order chi connectivity index (χ0) is 18.8. The molecule has 2 rings (SSSR count). The second-order valence-corrected chi connectivity index (χ2v) is 6.78. The molecule has 140 valence electrons. The van der Waals surface area contributed by atoms with Crippen molar-refractivity contribution in [1.82, 2.24) is 0 Å². The van der Waals surface area contributed by atoms with Crippen LogP contribution in [0.5, 0.6) is 0 Å². The zero-order valence-corrected chi connectivity index (χ0v) is 15.9. The molecular weight excluding hydrogens is 324 g/mol. The van der Waals surface area contributed by atoms with Gasteiger partial charge in [-0.25, -0.2) is 0 Å². The lowest BCUT2D eigenvalue weighted by molar-refractivity contribution is -0.0134. The van der Waals surface area contributed by atoms with Gasteiger partial charge in [0, 0.05) is 18.9 Å². The average molecular weight is 354 g/mol. The molecule has 0 bridgehead atoms. The maximum absolute atomic E-state index is 10.3. The Labute approximate surface area is 157 Å². The molecule has 0 unspecified atom stereocenters. The second kappa shape index (κ2) is 10.9. The molecule has 3 nitrogen and oxygen atoms in total. The molecule has 3 heteroatoms. The van der Waals surface area contributed by atoms with Crippen molar-refractivity contribution >= 4 is 0 Å². The van der Waals surface area contributed by atoms with Gasteiger partial charge >= 0.3 is 0 Å². The Bertz CT molecular complexity index is 639. The Kier molecular flexibility index (Phi) is 8.56. The molecule has 0 radical (unpaired) electrons. The fraction of sp³-hybridized carbons (Fsp3) is 0.391. The SMILES string of the molecule is CO[C@H]([C@H](C)/C=C/[C@H](O)c1ccccc1)[C@@H](C)COCc1ccccc1. The highest BCUT2D eigenvalue weighted by atomic mass is 16.5. The van der Waals surface area contributed by atoms with Crippen LogP contribution in [0.4, 0.5) is 0 Å². The standard InChI is InChI=1S/C23H30O3/c1-18(14-15-22(24)21-12-8-5-9-13-21)23(25-3)19(2)16-26-17-20-10-6-4-7-11-20/h4-15,18-19,22-24H,16-17H2,1-3H3/b15-14+/t18-,19+,22+,23-/m1/s1. The molecule has 0 aliphatic heterocycles. The quantitative estimate of drug-likeness (QED) is 0.624. The maximum atomic E-state index is 10.3. The molecule has 0 aliphatic rings. The van der Waals surface area contributed by atoms with Gasteiger partial charge in [-0.05, 0) is 11.1 Å². The summed E-state index contributed by atoms with van der Waals surface area (Å²) in [6.07, 6.45) is 3.30. The fourth-order valence-electron chi connectivity index (χ4n) is 3.15. The van der Waals surface area contributed by atoms with Crippen molar-refractivity contribution in [2.24, 2.45) is 11.8 Å². The molecule has 0 saturated carbocycles. The molecule has 0 aliphatic carbocycles. The van der Waals surface area contributed by atoms with Gasteiger partial charge in [-0.15, -0.1) is 0 Å². The van der Waals surface area contributed by atoms with Crippen molar-refractivity contribution < 1.29 is 14.6 Å². The van der Waals surface area contributed by atoms with Gasteiger partial charge in [0.15, 0.2) is 0 Å². The highest BCUT2D eigenvalue weighted by Crippen LogP contribution is 2.21. The molecule has 0 saturated heterocycles. The van der Waals surface area contributed by atoms with E-state index in [1.807, 2.05) is 60.7 Å². The van der Waals surface area contributed by atoms with Gasteiger partial charge in [-0.3, -0.25) is 0 Å². The number of aliphatic hydroxyl groups is 1. The smallest absolute Gasteiger partial charge is 0.0971 e. The van der Waals surface area contributed by atoms with E-state index in [4.69, 9.17) is 9.47 Å². The third-order valence-corrected chi connectivity index (χ3v) is 4.58. The molecule has 2 aromatic rings. The van der Waals surface area contributed by atoms with E-state index in [9.17, 15) is 5.11 Å². The first-order valence-electron chi connectivity index (χ1n) is 9.17. The van der Waals surface area contributed by atoms with Gasteiger partial charge in [0.25, 0.3) is 0 Å². The van der Waals surface area contributed by atoms with E-state index in [0.717, 1.165) is 5.56 Å². The van der Waals surface area contributed by atoms with Crippen molar-refractivity contribution in [1.29, 1.82) is 0 Å². The Hall–Kier alpha value is -1.94. The van der Waals surface area contributed by atoms with Crippen LogP contribution in [-0.4, -0.2) is 24.9 Å². The van der Waals surface area contributed by atoms with E-state index >= 15 is 0 Å². The fourth-order valence-corrected chi connectivity index (χ4v) is 3.15. The van der Waals surface area contributed by atoms with Crippen LogP contribution in [0, 0.1) is 11.8 Å². The summed E-state index contributed by atoms with van der Waals surface area (Å²) in [5.74, 6) is 0.422. The summed E-state index contributed by atoms with van der Waals surface area (Å²) in [4.78, 5) is 0. The summed E-state index contributed by atoms with van der Waals surface area (Å²) in [7, 11) is 1.73. The maximum Gasteiger partial charge on any atom is 0.0971 e. The lowest BCUT2D eigenvalue weighted by atomic mass is 9.92. The molecule has 4 atom stereocenters. The summed E-state index contributed by atoms with van der Waals surface area (Å²) < 4.78 is 11.6. The van der Waals surface area contributed by atoms with Gasteiger partial charge < -0.3 is 14.6 Å². The Morgan fingerprint density at radius 1 is 0.923 bits per heavy atom. The predicted molar refractivity (Wildman–Crippen MR) is 106 cm³/mol. The number of benzene rings is 2. The minimum absolute atomic E-state index is 0.0324. The first-order valence-corrected chi connectivity index (χ1v) is 9.17. The van der Waals surface area contributed by atoms with E-state index in [1.54, 1.807) is 7.11 Å². The summed E-state index contributed by atoms with van der Waals surface area (Å²) in [5, 5.41) is 10.3. The molecule has 0 fully saturated rings. The number of aliphatic hydroxyl groups excluding tert-OH is 1. The van der Waals surface area contributed by atoms with Crippen LogP contribution in [0.1, 0.15) is 31.1 Å². The normalized spacial score (nSPS) is 16.3. The van der Waals surface area contributed by atoms with Gasteiger partial charge in [-0.2, -0.15) is 0 Å². The summed E-state index contributed by atoms with van der Waals surface area (Å²) in [6, 6.07) is 19.8. The molecule has 1 N–H and O–H groups in total. The van der Waals surface area contributed by atoms with E-state index in [0.29, 0.717) is 13.2 Å². The highest BCUT2D eigenvalue weighted by molar-refractivity contribution is 5.21. The van der Waals surface area contributed by atoms with Gasteiger partial charge in [0.1, 0.15) is 0 Å². The molecule has 2 aromatic carbocycles. The number of hydrogen-bond acceptors (Lipinski definition) is 3. The van der Waals surface area contributed by atoms with Crippen molar-refractivity contribution in [3.63, 3.8) is 0 Å². The Balaban J connectivity index is 1.84. The third-order valence-electron chi connectivity index (χ3n) is 4.58. The Morgan fingerprint density at radius 2 is 1.54 bits per heavy atom. The topological polar surface area (TPSA) is 38.7 Å². The second-order valence-electron chi connectivity index (χ2n) is 6.78. The number of rotatable bonds is 10. The zero-order valence-electron chi connectivity index (χ0n) is 15.9. The number of hydrogen-bond donors (Lipinski definition) is 1. The molecular formula is C23H30O3. The molecule has 0 spiro atoms. The molecule has 26 heavy (non-hydrogen) atoms. The van der Waals surface area contributed by atoms with Crippen molar-refractivity contribution in [2.45, 2.75) is 32.7 Å². The first kappa shape index (κ1) is 20.4. The monoisotopic (exact) mass is 354 g/mol. The first-order chi connectivity index (χ1) is 12.6. The van der Waals surface area contributed by atoms with Gasteiger partial charge in [-0.1, -0.05) is 86.7 Å². The summed E-state index contributed by atoms with van der Waals surface area (Å²) >= 11 is 0. The molecule has 0 aromatic heterocycles. The van der Waals surface area contributed by atoms with E-state index in [2.05, 4.69) is 26.0 Å². The van der Waals surface area contributed by atoms with Crippen molar-refractivity contribution in [3.8, 4) is 0 Å². The number of methoxy groups -OCH3 is 1. The van der Waals surface area contributed by atoms with Crippen molar-refractivity contribution in [3.05, 3.63) is 83.9 Å². The minimum Gasteiger partial charge on any atom is -0.384 e. The van der Waals surface area contributed by atoms with Gasteiger partial charge in [0.2, 0.25) is 0 Å². The summed E-state index contributed by atoms with van der Waals surface area (Å²) in [6.45, 7) is 5.48. The van der Waals surface area contributed by atoms with Crippen molar-refractivity contribution in [2.75, 3.05) is 13.7 Å². The van der Waals surface area contributed by atoms with E-state index < -0.39 is 6.10 Å². The Morgan fingerprint density at radius 3 is 2.15 bits per heavy atom. The van der Waals surface area contributed by atoms with E-state index in [1.165, 1.54) is 5.56 Å². The van der Waals surface area contributed by atoms with Crippen LogP contribution in [0.15, 0.2) is 72.8 Å². The lowest BCUT2D eigenvalue weighted by Gasteiger charge is -2.26. The predicted octanol–water partition coefficient (Wildman–Crippen LogP) is 4.78. The highest BCUT2D eigenvalue weighted by Gasteiger charge is 2.22. The third kappa shape index (κ3) is 6.41. The largest absolute Gasteiger partial charge is 0.384 e. The average Bonchev–Trinajstić information content (AvgIpc) is 2.68. The van der Waals surface area contributed by atoms with Crippen LogP contribution >= 0.6 is 0 Å². The van der Waals surface area contributed by atoms with Crippen LogP contribution in [0.3, 0.4) is 0 Å². The van der Waals surface area contributed by atoms with Gasteiger partial charge in [0.05, 0.1) is 25.4 Å². The minimum atomic E-state index is -0.596. The van der Waals surface area contributed by atoms with Crippen LogP contribution in [0.2, 0.25) is 0 Å². The van der Waals surface area contributed by atoms with Crippen LogP contribution in [0.25, 0.3) is 0 Å². The van der Waals surface area contributed by atoms with Crippen LogP contribution < -0.4 is 0 Å². The number of ether oxygens (including phenoxy) is 2. The summed E-state index contributed by atoms with van der Waals surface area (Å²) in [5.41, 5.74) is 2.07. The lowest BCUT2D eigenvalue weighted by Crippen LogP contribution is -2.30. The van der Waals surface area contributed by atoms with E-state index in [-0.39, 0.29) is 17.9 Å². The molecule has 0 heterocycles. The molecule has 0 amide bonds.